The number of aliphatic imine (C=N–C) groups is 1. The molecular weight excluding hydrogens is 489 g/mol. The van der Waals surface area contributed by atoms with Gasteiger partial charge in [-0.1, -0.05) is 18.2 Å². The largest absolute Gasteiger partial charge is 0.467 e. The average Bonchev–Trinajstić information content (AvgIpc) is 3.36. The maximum Gasteiger partial charge on any atom is 0.191 e. The number of nitrogens with zero attached hydrogens (tertiary/aromatic N) is 1. The van der Waals surface area contributed by atoms with Crippen LogP contribution in [0.15, 0.2) is 58.1 Å². The summed E-state index contributed by atoms with van der Waals surface area (Å²) in [5.74, 6) is 1.50. The van der Waals surface area contributed by atoms with Gasteiger partial charge in [-0.15, -0.1) is 35.3 Å². The van der Waals surface area contributed by atoms with Crippen molar-refractivity contribution in [3.8, 4) is 0 Å². The molecule has 152 valence electrons. The highest BCUT2D eigenvalue weighted by Gasteiger charge is 2.12. The van der Waals surface area contributed by atoms with Crippen molar-refractivity contribution in [2.75, 3.05) is 26.7 Å². The van der Waals surface area contributed by atoms with Gasteiger partial charge in [-0.2, -0.15) is 0 Å². The molecule has 6 nitrogen and oxygen atoms in total. The van der Waals surface area contributed by atoms with E-state index in [2.05, 4.69) is 27.8 Å². The highest BCUT2D eigenvalue weighted by Crippen LogP contribution is 2.29. The smallest absolute Gasteiger partial charge is 0.191 e. The number of aliphatic hydroxyl groups is 1. The summed E-state index contributed by atoms with van der Waals surface area (Å²) in [7, 11) is 1.72. The normalized spacial score (nSPS) is 12.6. The van der Waals surface area contributed by atoms with E-state index in [-0.39, 0.29) is 24.0 Å². The summed E-state index contributed by atoms with van der Waals surface area (Å²) in [5.41, 5.74) is 0. The monoisotopic (exact) mass is 515 g/mol. The number of hydrogen-bond donors (Lipinski definition) is 3. The molecule has 0 spiro atoms. The minimum Gasteiger partial charge on any atom is -0.467 e. The molecule has 0 fully saturated rings. The zero-order valence-electron chi connectivity index (χ0n) is 15.8. The van der Waals surface area contributed by atoms with Crippen LogP contribution in [-0.2, 0) is 11.3 Å². The second-order valence-electron chi connectivity index (χ2n) is 6.07. The number of ether oxygens (including phenoxy) is 1. The van der Waals surface area contributed by atoms with Crippen LogP contribution in [0.4, 0.5) is 0 Å². The second kappa shape index (κ2) is 12.1. The number of guanidine groups is 1. The lowest BCUT2D eigenvalue weighted by Gasteiger charge is -2.14. The highest BCUT2D eigenvalue weighted by atomic mass is 127. The van der Waals surface area contributed by atoms with E-state index in [0.717, 1.165) is 29.0 Å². The number of hydrogen-bond acceptors (Lipinski definition) is 5. The highest BCUT2D eigenvalue weighted by molar-refractivity contribution is 14.0. The predicted molar refractivity (Wildman–Crippen MR) is 125 cm³/mol. The summed E-state index contributed by atoms with van der Waals surface area (Å²) in [6, 6.07) is 13.9. The van der Waals surface area contributed by atoms with Crippen LogP contribution >= 0.6 is 35.3 Å². The van der Waals surface area contributed by atoms with Crippen molar-refractivity contribution in [3.63, 3.8) is 0 Å². The lowest BCUT2D eigenvalue weighted by molar-refractivity contribution is 0.105. The van der Waals surface area contributed by atoms with Crippen molar-refractivity contribution in [2.45, 2.75) is 19.1 Å². The summed E-state index contributed by atoms with van der Waals surface area (Å²) in [6.07, 6.45) is 1.92. The van der Waals surface area contributed by atoms with Gasteiger partial charge in [-0.25, -0.2) is 0 Å². The van der Waals surface area contributed by atoms with Gasteiger partial charge in [0.05, 0.1) is 6.26 Å². The Morgan fingerprint density at radius 2 is 2.11 bits per heavy atom. The zero-order valence-corrected chi connectivity index (χ0v) is 18.9. The van der Waals surface area contributed by atoms with Crippen LogP contribution in [0, 0.1) is 0 Å². The second-order valence-corrected chi connectivity index (χ2v) is 7.18. The summed E-state index contributed by atoms with van der Waals surface area (Å²) in [4.78, 5) is 5.14. The number of nitrogens with one attached hydrogen (secondary N) is 2. The van der Waals surface area contributed by atoms with Crippen molar-refractivity contribution in [1.82, 2.24) is 10.6 Å². The Kier molecular flexibility index (Phi) is 9.76. The Hall–Kier alpha value is -1.62. The molecule has 3 rings (SSSR count). The van der Waals surface area contributed by atoms with Gasteiger partial charge in [0, 0.05) is 36.3 Å². The van der Waals surface area contributed by atoms with Gasteiger partial charge in [-0.05, 0) is 36.1 Å². The molecule has 28 heavy (non-hydrogen) atoms. The number of benzene rings is 1. The van der Waals surface area contributed by atoms with E-state index < -0.39 is 6.10 Å². The number of thiophene rings is 1. The fourth-order valence-corrected chi connectivity index (χ4v) is 3.68. The van der Waals surface area contributed by atoms with Crippen LogP contribution in [0.5, 0.6) is 0 Å². The number of fused-ring (bicyclic) bond motifs is 1. The first-order chi connectivity index (χ1) is 13.3. The van der Waals surface area contributed by atoms with E-state index >= 15 is 0 Å². The van der Waals surface area contributed by atoms with Crippen molar-refractivity contribution in [3.05, 3.63) is 59.4 Å². The van der Waals surface area contributed by atoms with E-state index in [1.807, 2.05) is 30.3 Å². The van der Waals surface area contributed by atoms with Crippen LogP contribution in [0.1, 0.15) is 23.2 Å². The van der Waals surface area contributed by atoms with Crippen molar-refractivity contribution in [1.29, 1.82) is 0 Å². The Morgan fingerprint density at radius 1 is 1.25 bits per heavy atom. The number of furan rings is 1. The third-order valence-electron chi connectivity index (χ3n) is 4.04. The number of halogens is 1. The lowest BCUT2D eigenvalue weighted by Crippen LogP contribution is -2.39. The third-order valence-corrected chi connectivity index (χ3v) is 5.26. The summed E-state index contributed by atoms with van der Waals surface area (Å²) < 4.78 is 11.9. The van der Waals surface area contributed by atoms with Gasteiger partial charge < -0.3 is 24.9 Å². The van der Waals surface area contributed by atoms with Crippen molar-refractivity contribution < 1.29 is 14.3 Å². The molecule has 0 amide bonds. The molecule has 0 bridgehead atoms. The summed E-state index contributed by atoms with van der Waals surface area (Å²) in [6.45, 7) is 2.26. The number of aliphatic hydroxyl groups excluding tert-OH is 1. The first-order valence-electron chi connectivity index (χ1n) is 8.97. The van der Waals surface area contributed by atoms with E-state index in [0.29, 0.717) is 25.7 Å². The van der Waals surface area contributed by atoms with Gasteiger partial charge in [-0.3, -0.25) is 4.99 Å². The molecule has 1 unspecified atom stereocenters. The molecule has 0 aliphatic rings. The van der Waals surface area contributed by atoms with Crippen molar-refractivity contribution in [2.24, 2.45) is 4.99 Å². The SMILES string of the molecule is CN=C(NCCCOCc1ccco1)NCC(O)c1cc2ccccc2s1.I. The van der Waals surface area contributed by atoms with E-state index in [1.165, 1.54) is 4.70 Å². The first-order valence-corrected chi connectivity index (χ1v) is 9.79. The Bertz CT molecular complexity index is 818. The molecule has 0 saturated carbocycles. The van der Waals surface area contributed by atoms with Crippen LogP contribution < -0.4 is 10.6 Å². The van der Waals surface area contributed by atoms with Crippen LogP contribution in [0.25, 0.3) is 10.1 Å². The molecule has 0 aliphatic carbocycles. The number of rotatable bonds is 9. The molecule has 1 atom stereocenters. The molecule has 0 aliphatic heterocycles. The minimum atomic E-state index is -0.572. The molecule has 0 saturated heterocycles. The Labute approximate surface area is 186 Å². The van der Waals surface area contributed by atoms with Gasteiger partial charge in [0.25, 0.3) is 0 Å². The van der Waals surface area contributed by atoms with E-state index in [9.17, 15) is 5.11 Å². The minimum absolute atomic E-state index is 0. The molecular formula is C20H26IN3O3S. The zero-order chi connectivity index (χ0) is 18.9. The predicted octanol–water partition coefficient (Wildman–Crippen LogP) is 3.92. The molecule has 3 N–H and O–H groups in total. The molecule has 3 aromatic rings. The first kappa shape index (κ1) is 22.7. The quantitative estimate of drug-likeness (QED) is 0.174. The van der Waals surface area contributed by atoms with E-state index in [4.69, 9.17) is 9.15 Å². The fraction of sp³-hybridized carbons (Fsp3) is 0.350. The summed E-state index contributed by atoms with van der Waals surface area (Å²) in [5, 5.41) is 18.0. The van der Waals surface area contributed by atoms with Crippen molar-refractivity contribution >= 4 is 51.4 Å². The van der Waals surface area contributed by atoms with Gasteiger partial charge in [0.15, 0.2) is 5.96 Å². The third kappa shape index (κ3) is 6.77. The molecule has 0 radical (unpaired) electrons. The van der Waals surface area contributed by atoms with Crippen LogP contribution in [0.2, 0.25) is 0 Å². The topological polar surface area (TPSA) is 79.0 Å². The maximum atomic E-state index is 10.4. The summed E-state index contributed by atoms with van der Waals surface area (Å²) >= 11 is 1.62. The van der Waals surface area contributed by atoms with Crippen LogP contribution in [0.3, 0.4) is 0 Å². The van der Waals surface area contributed by atoms with E-state index in [1.54, 1.807) is 24.6 Å². The van der Waals surface area contributed by atoms with Gasteiger partial charge in [0.2, 0.25) is 0 Å². The van der Waals surface area contributed by atoms with Gasteiger partial charge >= 0.3 is 0 Å². The fourth-order valence-electron chi connectivity index (χ4n) is 2.63. The standard InChI is InChI=1S/C20H25N3O3S.HI/c1-21-20(22-9-5-10-25-14-16-7-4-11-26-16)23-13-17(24)19-12-15-6-2-3-8-18(15)27-19;/h2-4,6-8,11-12,17,24H,5,9-10,13-14H2,1H3,(H2,21,22,23);1H. The Balaban J connectivity index is 0.00000280. The maximum absolute atomic E-state index is 10.4. The Morgan fingerprint density at radius 3 is 2.86 bits per heavy atom. The molecule has 8 heteroatoms. The van der Waals surface area contributed by atoms with Crippen LogP contribution in [-0.4, -0.2) is 37.8 Å². The molecule has 1 aromatic carbocycles. The average molecular weight is 515 g/mol. The molecule has 2 heterocycles. The molecule has 2 aromatic heterocycles. The van der Waals surface area contributed by atoms with Gasteiger partial charge in [0.1, 0.15) is 18.5 Å². The lowest BCUT2D eigenvalue weighted by atomic mass is 10.2.